The van der Waals surface area contributed by atoms with Crippen LogP contribution in [-0.2, 0) is 0 Å². The Morgan fingerprint density at radius 3 is 2.48 bits per heavy atom. The molecule has 2 aromatic carbocycles. The van der Waals surface area contributed by atoms with Crippen molar-refractivity contribution in [2.75, 3.05) is 5.73 Å². The van der Waals surface area contributed by atoms with E-state index in [0.717, 1.165) is 10.0 Å². The van der Waals surface area contributed by atoms with Gasteiger partial charge in [0.25, 0.3) is 0 Å². The van der Waals surface area contributed by atoms with Gasteiger partial charge in [0.05, 0.1) is 16.1 Å². The van der Waals surface area contributed by atoms with Crippen LogP contribution in [0.4, 0.5) is 10.3 Å². The molecule has 0 aliphatic heterocycles. The number of aromatic nitrogens is 1. The minimum Gasteiger partial charge on any atom is -0.367 e. The average molecular weight is 368 g/mol. The molecule has 21 heavy (non-hydrogen) atoms. The zero-order valence-electron chi connectivity index (χ0n) is 10.6. The van der Waals surface area contributed by atoms with Crippen LogP contribution < -0.4 is 5.73 Å². The van der Waals surface area contributed by atoms with Crippen molar-refractivity contribution in [3.8, 4) is 22.4 Å². The summed E-state index contributed by atoms with van der Waals surface area (Å²) in [7, 11) is 0. The normalized spacial score (nSPS) is 10.8. The molecule has 0 aliphatic carbocycles. The molecule has 0 saturated carbocycles. The number of nitrogens with zero attached hydrogens (tertiary/aromatic N) is 1. The van der Waals surface area contributed by atoms with Gasteiger partial charge in [-0.1, -0.05) is 50.9 Å². The minimum absolute atomic E-state index is 0.117. The Bertz CT molecular complexity index is 782. The third kappa shape index (κ3) is 2.54. The summed E-state index contributed by atoms with van der Waals surface area (Å²) in [5, 5.41) is 4.12. The molecule has 3 aromatic rings. The van der Waals surface area contributed by atoms with Crippen molar-refractivity contribution in [3.05, 3.63) is 57.8 Å². The van der Waals surface area contributed by atoms with E-state index in [-0.39, 0.29) is 22.2 Å². The van der Waals surface area contributed by atoms with Gasteiger partial charge in [-0.3, -0.25) is 0 Å². The first-order valence-corrected chi connectivity index (χ1v) is 7.20. The topological polar surface area (TPSA) is 52.0 Å². The summed E-state index contributed by atoms with van der Waals surface area (Å²) < 4.78 is 20.0. The highest BCUT2D eigenvalue weighted by molar-refractivity contribution is 9.10. The van der Waals surface area contributed by atoms with E-state index in [1.54, 1.807) is 6.07 Å². The van der Waals surface area contributed by atoms with Crippen molar-refractivity contribution in [2.45, 2.75) is 0 Å². The van der Waals surface area contributed by atoms with E-state index in [2.05, 4.69) is 21.1 Å². The predicted molar refractivity (Wildman–Crippen MR) is 84.5 cm³/mol. The molecule has 2 N–H and O–H groups in total. The van der Waals surface area contributed by atoms with Crippen LogP contribution in [0.2, 0.25) is 5.02 Å². The Kier molecular flexibility index (Phi) is 3.69. The maximum atomic E-state index is 14.1. The number of hydrogen-bond donors (Lipinski definition) is 1. The van der Waals surface area contributed by atoms with Gasteiger partial charge in [0.1, 0.15) is 11.5 Å². The second-order valence-electron chi connectivity index (χ2n) is 4.37. The zero-order chi connectivity index (χ0) is 15.0. The van der Waals surface area contributed by atoms with Crippen molar-refractivity contribution in [2.24, 2.45) is 0 Å². The fraction of sp³-hybridized carbons (Fsp3) is 0. The Morgan fingerprint density at radius 2 is 1.81 bits per heavy atom. The van der Waals surface area contributed by atoms with Gasteiger partial charge in [-0.2, -0.15) is 0 Å². The van der Waals surface area contributed by atoms with Crippen molar-refractivity contribution in [1.82, 2.24) is 5.16 Å². The Morgan fingerprint density at radius 1 is 1.10 bits per heavy atom. The molecule has 0 amide bonds. The fourth-order valence-electron chi connectivity index (χ4n) is 2.09. The van der Waals surface area contributed by atoms with Crippen LogP contribution in [0.15, 0.2) is 51.5 Å². The molecular weight excluding hydrogens is 359 g/mol. The average Bonchev–Trinajstić information content (AvgIpc) is 2.82. The van der Waals surface area contributed by atoms with Crippen LogP contribution in [0.25, 0.3) is 22.4 Å². The lowest BCUT2D eigenvalue weighted by Gasteiger charge is -2.06. The third-order valence-electron chi connectivity index (χ3n) is 3.05. The summed E-state index contributed by atoms with van der Waals surface area (Å²) in [4.78, 5) is 0. The molecule has 0 fully saturated rings. The number of nitrogens with two attached hydrogens (primary N) is 1. The van der Waals surface area contributed by atoms with E-state index in [9.17, 15) is 4.39 Å². The number of anilines is 1. The molecule has 106 valence electrons. The lowest BCUT2D eigenvalue weighted by Crippen LogP contribution is -1.91. The predicted octanol–water partition coefficient (Wildman–Crippen LogP) is 5.15. The van der Waals surface area contributed by atoms with Gasteiger partial charge in [-0.15, -0.1) is 0 Å². The Labute approximate surface area is 133 Å². The monoisotopic (exact) mass is 366 g/mol. The van der Waals surface area contributed by atoms with E-state index in [1.807, 2.05) is 24.3 Å². The smallest absolute Gasteiger partial charge is 0.230 e. The second-order valence-corrected chi connectivity index (χ2v) is 5.70. The Balaban J connectivity index is 2.24. The lowest BCUT2D eigenvalue weighted by molar-refractivity contribution is 0.439. The first-order valence-electron chi connectivity index (χ1n) is 6.03. The van der Waals surface area contributed by atoms with Gasteiger partial charge >= 0.3 is 0 Å². The number of halogens is 3. The maximum absolute atomic E-state index is 14.1. The summed E-state index contributed by atoms with van der Waals surface area (Å²) >= 11 is 9.45. The number of benzene rings is 2. The summed E-state index contributed by atoms with van der Waals surface area (Å²) in [5.41, 5.74) is 7.60. The van der Waals surface area contributed by atoms with Gasteiger partial charge in [0.2, 0.25) is 5.88 Å². The van der Waals surface area contributed by atoms with Crippen LogP contribution in [0.5, 0.6) is 0 Å². The zero-order valence-corrected chi connectivity index (χ0v) is 13.0. The molecule has 1 heterocycles. The molecular formula is C15H9BrClFN2O. The van der Waals surface area contributed by atoms with E-state index < -0.39 is 5.82 Å². The van der Waals surface area contributed by atoms with E-state index in [1.165, 1.54) is 12.1 Å². The van der Waals surface area contributed by atoms with Gasteiger partial charge < -0.3 is 10.3 Å². The molecule has 6 heteroatoms. The summed E-state index contributed by atoms with van der Waals surface area (Å²) in [5.74, 6) is -0.360. The standard InChI is InChI=1S/C15H9BrClFN2O/c16-9-6-4-8(5-7-9)12-14(20-21-15(12)19)13-10(17)2-1-3-11(13)18/h1-7H,19H2. The van der Waals surface area contributed by atoms with Crippen LogP contribution in [0.3, 0.4) is 0 Å². The van der Waals surface area contributed by atoms with Crippen molar-refractivity contribution in [1.29, 1.82) is 0 Å². The number of hydrogen-bond acceptors (Lipinski definition) is 3. The van der Waals surface area contributed by atoms with E-state index in [0.29, 0.717) is 5.56 Å². The first-order chi connectivity index (χ1) is 10.1. The first kappa shape index (κ1) is 14.1. The molecule has 0 unspecified atom stereocenters. The molecule has 3 rings (SSSR count). The molecule has 1 aromatic heterocycles. The molecule has 0 atom stereocenters. The van der Waals surface area contributed by atoms with E-state index in [4.69, 9.17) is 21.9 Å². The molecule has 0 spiro atoms. The van der Waals surface area contributed by atoms with Crippen molar-refractivity contribution >= 4 is 33.4 Å². The highest BCUT2D eigenvalue weighted by Crippen LogP contribution is 2.40. The highest BCUT2D eigenvalue weighted by atomic mass is 79.9. The summed E-state index contributed by atoms with van der Waals surface area (Å²) in [6, 6.07) is 11.8. The van der Waals surface area contributed by atoms with Crippen LogP contribution in [0.1, 0.15) is 0 Å². The summed E-state index contributed by atoms with van der Waals surface area (Å²) in [6.45, 7) is 0. The number of nitrogen functional groups attached to an aromatic ring is 1. The Hall–Kier alpha value is -1.85. The second kappa shape index (κ2) is 5.50. The van der Waals surface area contributed by atoms with E-state index >= 15 is 0 Å². The quantitative estimate of drug-likeness (QED) is 0.682. The molecule has 3 nitrogen and oxygen atoms in total. The molecule has 0 aliphatic rings. The number of rotatable bonds is 2. The maximum Gasteiger partial charge on any atom is 0.230 e. The lowest BCUT2D eigenvalue weighted by atomic mass is 10.0. The van der Waals surface area contributed by atoms with Crippen LogP contribution in [0, 0.1) is 5.82 Å². The van der Waals surface area contributed by atoms with Gasteiger partial charge in [-0.25, -0.2) is 4.39 Å². The molecule has 0 bridgehead atoms. The summed E-state index contributed by atoms with van der Waals surface area (Å²) in [6.07, 6.45) is 0. The SMILES string of the molecule is Nc1onc(-c2c(F)cccc2Cl)c1-c1ccc(Br)cc1. The van der Waals surface area contributed by atoms with Crippen molar-refractivity contribution in [3.63, 3.8) is 0 Å². The highest BCUT2D eigenvalue weighted by Gasteiger charge is 2.22. The van der Waals surface area contributed by atoms with Gasteiger partial charge in [-0.05, 0) is 29.8 Å². The fourth-order valence-corrected chi connectivity index (χ4v) is 2.61. The van der Waals surface area contributed by atoms with Gasteiger partial charge in [0, 0.05) is 4.47 Å². The molecule has 0 radical (unpaired) electrons. The molecule has 0 saturated heterocycles. The third-order valence-corrected chi connectivity index (χ3v) is 3.89. The largest absolute Gasteiger partial charge is 0.367 e. The minimum atomic E-state index is -0.478. The van der Waals surface area contributed by atoms with Crippen LogP contribution >= 0.6 is 27.5 Å². The van der Waals surface area contributed by atoms with Crippen molar-refractivity contribution < 1.29 is 8.91 Å². The van der Waals surface area contributed by atoms with Crippen LogP contribution in [-0.4, -0.2) is 5.16 Å². The van der Waals surface area contributed by atoms with Gasteiger partial charge in [0.15, 0.2) is 0 Å².